The maximum absolute atomic E-state index is 13.7. The van der Waals surface area contributed by atoms with Gasteiger partial charge in [0.25, 0.3) is 0 Å². The molecule has 0 saturated heterocycles. The number of hydrogen-bond acceptors (Lipinski definition) is 7. The van der Waals surface area contributed by atoms with Gasteiger partial charge in [-0.05, 0) is 24.3 Å². The monoisotopic (exact) mass is 551 g/mol. The maximum atomic E-state index is 13.7. The molecule has 39 heavy (non-hydrogen) atoms. The number of amides is 3. The van der Waals surface area contributed by atoms with Crippen LogP contribution in [0.3, 0.4) is 0 Å². The van der Waals surface area contributed by atoms with Gasteiger partial charge in [0.1, 0.15) is 18.7 Å². The number of carbonyl (C=O) groups excluding carboxylic acids is 3. The normalized spacial score (nSPS) is 15.8. The zero-order valence-corrected chi connectivity index (χ0v) is 24.3. The van der Waals surface area contributed by atoms with E-state index in [1.54, 1.807) is 45.2 Å². The van der Waals surface area contributed by atoms with Gasteiger partial charge in [0.15, 0.2) is 0 Å². The van der Waals surface area contributed by atoms with E-state index in [1.807, 2.05) is 19.9 Å². The van der Waals surface area contributed by atoms with Crippen LogP contribution in [0, 0.1) is 11.8 Å². The molecule has 3 amide bonds. The molecule has 0 aliphatic carbocycles. The number of benzene rings is 1. The van der Waals surface area contributed by atoms with Crippen LogP contribution in [-0.4, -0.2) is 95.4 Å². The van der Waals surface area contributed by atoms with Gasteiger partial charge in [-0.3, -0.25) is 19.3 Å². The summed E-state index contributed by atoms with van der Waals surface area (Å²) in [6, 6.07) is 6.13. The molecule has 0 fully saturated rings. The van der Waals surface area contributed by atoms with Gasteiger partial charge in [0.05, 0.1) is 24.7 Å². The third-order valence-corrected chi connectivity index (χ3v) is 6.95. The van der Waals surface area contributed by atoms with E-state index >= 15 is 0 Å². The summed E-state index contributed by atoms with van der Waals surface area (Å²) in [5, 5.41) is 22.5. The van der Waals surface area contributed by atoms with Crippen LogP contribution in [0.25, 0.3) is 0 Å². The summed E-state index contributed by atoms with van der Waals surface area (Å²) in [5.74, 6) is -2.66. The van der Waals surface area contributed by atoms with Crippen molar-refractivity contribution in [3.05, 3.63) is 35.9 Å². The quantitative estimate of drug-likeness (QED) is 0.301. The van der Waals surface area contributed by atoms with Crippen LogP contribution in [0.5, 0.6) is 0 Å². The molecule has 11 heteroatoms. The van der Waals surface area contributed by atoms with E-state index in [0.717, 1.165) is 10.5 Å². The molecule has 0 radical (unpaired) electrons. The van der Waals surface area contributed by atoms with Crippen LogP contribution in [0.2, 0.25) is 0 Å². The van der Waals surface area contributed by atoms with E-state index in [4.69, 9.17) is 9.47 Å². The van der Waals surface area contributed by atoms with Crippen LogP contribution in [0.15, 0.2) is 30.3 Å². The van der Waals surface area contributed by atoms with Crippen molar-refractivity contribution in [3.63, 3.8) is 0 Å². The molecule has 0 spiro atoms. The second kappa shape index (κ2) is 16.0. The molecular weight excluding hydrogens is 506 g/mol. The number of carboxylic acids is 1. The summed E-state index contributed by atoms with van der Waals surface area (Å²) in [6.45, 7) is 8.72. The Morgan fingerprint density at radius 2 is 1.59 bits per heavy atom. The van der Waals surface area contributed by atoms with Crippen LogP contribution in [0.4, 0.5) is 4.79 Å². The van der Waals surface area contributed by atoms with E-state index in [0.29, 0.717) is 6.42 Å². The number of aliphatic carboxylic acids is 1. The Balaban J connectivity index is 3.12. The number of carbonyl (C=O) groups is 4. The fourth-order valence-electron chi connectivity index (χ4n) is 4.53. The number of hydrogen-bond donors (Lipinski definition) is 3. The first-order valence-corrected chi connectivity index (χ1v) is 13.2. The van der Waals surface area contributed by atoms with E-state index in [-0.39, 0.29) is 24.9 Å². The Labute approximate surface area is 231 Å². The summed E-state index contributed by atoms with van der Waals surface area (Å²) in [5.41, 5.74) is 0.763. The van der Waals surface area contributed by atoms with Gasteiger partial charge in [-0.2, -0.15) is 0 Å². The fraction of sp³-hybridized carbons (Fsp3) is 0.643. The first-order valence-electron chi connectivity index (χ1n) is 13.2. The minimum absolute atomic E-state index is 0.00985. The highest BCUT2D eigenvalue weighted by molar-refractivity contribution is 5.92. The van der Waals surface area contributed by atoms with Crippen molar-refractivity contribution in [2.24, 2.45) is 11.8 Å². The zero-order chi connectivity index (χ0) is 29.9. The van der Waals surface area contributed by atoms with Crippen molar-refractivity contribution in [1.29, 1.82) is 0 Å². The Bertz CT molecular complexity index is 940. The van der Waals surface area contributed by atoms with Gasteiger partial charge >= 0.3 is 12.1 Å². The Morgan fingerprint density at radius 3 is 2.05 bits per heavy atom. The lowest BCUT2D eigenvalue weighted by atomic mass is 9.90. The molecule has 6 atom stereocenters. The molecular formula is C28H45N3O8. The summed E-state index contributed by atoms with van der Waals surface area (Å²) in [4.78, 5) is 53.6. The highest BCUT2D eigenvalue weighted by Gasteiger charge is 2.40. The Morgan fingerprint density at radius 1 is 1.00 bits per heavy atom. The van der Waals surface area contributed by atoms with Crippen LogP contribution in [0.1, 0.15) is 53.0 Å². The largest absolute Gasteiger partial charge is 0.481 e. The predicted octanol–water partition coefficient (Wildman–Crippen LogP) is 2.51. The minimum Gasteiger partial charge on any atom is -0.481 e. The number of methoxy groups -OCH3 is 1. The first-order chi connectivity index (χ1) is 18.3. The molecule has 0 bridgehead atoms. The molecule has 220 valence electrons. The molecule has 1 unspecified atom stereocenters. The van der Waals surface area contributed by atoms with Crippen molar-refractivity contribution in [1.82, 2.24) is 15.1 Å². The number of rotatable bonds is 15. The highest BCUT2D eigenvalue weighted by Crippen LogP contribution is 2.23. The molecule has 1 aromatic rings. The molecule has 3 N–H and O–H groups in total. The lowest BCUT2D eigenvalue weighted by Crippen LogP contribution is -2.61. The molecule has 0 aliphatic rings. The van der Waals surface area contributed by atoms with Gasteiger partial charge in [-0.15, -0.1) is 0 Å². The molecule has 0 saturated carbocycles. The second-order valence-corrected chi connectivity index (χ2v) is 10.3. The van der Waals surface area contributed by atoms with Crippen LogP contribution >= 0.6 is 0 Å². The van der Waals surface area contributed by atoms with Crippen molar-refractivity contribution in [3.8, 4) is 0 Å². The summed E-state index contributed by atoms with van der Waals surface area (Å²) >= 11 is 0. The first kappa shape index (κ1) is 33.8. The van der Waals surface area contributed by atoms with Crippen LogP contribution < -0.4 is 5.32 Å². The average Bonchev–Trinajstić information content (AvgIpc) is 2.89. The van der Waals surface area contributed by atoms with E-state index < -0.39 is 54.2 Å². The topological polar surface area (TPSA) is 146 Å². The third kappa shape index (κ3) is 9.81. The molecule has 0 aliphatic heterocycles. The molecule has 1 aromatic carbocycles. The number of likely N-dealkylation sites (N-methyl/N-ethyl adjacent to an activating group) is 2. The predicted molar refractivity (Wildman–Crippen MR) is 146 cm³/mol. The molecule has 0 heterocycles. The van der Waals surface area contributed by atoms with E-state index in [1.165, 1.54) is 26.0 Å². The molecule has 1 rings (SSSR count). The van der Waals surface area contributed by atoms with Crippen LogP contribution in [-0.2, 0) is 30.5 Å². The average molecular weight is 552 g/mol. The Hall–Kier alpha value is -3.18. The number of aliphatic hydroxyl groups excluding tert-OH is 1. The zero-order valence-electron chi connectivity index (χ0n) is 24.3. The fourth-order valence-corrected chi connectivity index (χ4v) is 4.53. The second-order valence-electron chi connectivity index (χ2n) is 10.3. The SMILES string of the molecule is CC[C@H](C)[C@@H](C(CC(=O)O)OC)N(C)C(=O)[C@@H](NC(=O)[C@H]([C@@H](C)O)N(C)C(=O)OCc1ccccc1)C(C)C. The van der Waals surface area contributed by atoms with Crippen molar-refractivity contribution < 1.29 is 38.9 Å². The maximum Gasteiger partial charge on any atom is 0.410 e. The summed E-state index contributed by atoms with van der Waals surface area (Å²) < 4.78 is 10.8. The van der Waals surface area contributed by atoms with Crippen molar-refractivity contribution in [2.45, 2.75) is 84.4 Å². The summed E-state index contributed by atoms with van der Waals surface area (Å²) in [7, 11) is 4.31. The number of aliphatic hydroxyl groups is 1. The van der Waals surface area contributed by atoms with Gasteiger partial charge in [0, 0.05) is 21.2 Å². The lowest BCUT2D eigenvalue weighted by Gasteiger charge is -2.40. The lowest BCUT2D eigenvalue weighted by molar-refractivity contribution is -0.148. The minimum atomic E-state index is -1.32. The van der Waals surface area contributed by atoms with Gasteiger partial charge in [-0.1, -0.05) is 64.4 Å². The van der Waals surface area contributed by atoms with Gasteiger partial charge in [-0.25, -0.2) is 4.79 Å². The standard InChI is InChI=1S/C28H45N3O8/c1-9-18(4)24(21(38-8)15-22(33)34)30(6)27(36)23(17(2)3)29-26(35)25(19(5)32)31(7)28(37)39-16-20-13-11-10-12-14-20/h10-14,17-19,21,23-25,32H,9,15-16H2,1-8H3,(H,29,35)(H,33,34)/t18-,19+,21?,23-,24-,25-/m0/s1. The molecule has 11 nitrogen and oxygen atoms in total. The smallest absolute Gasteiger partial charge is 0.410 e. The van der Waals surface area contributed by atoms with Gasteiger partial charge in [0.2, 0.25) is 11.8 Å². The number of nitrogens with zero attached hydrogens (tertiary/aromatic N) is 2. The van der Waals surface area contributed by atoms with E-state index in [9.17, 15) is 29.4 Å². The number of nitrogens with one attached hydrogen (secondary N) is 1. The Kier molecular flexibility index (Phi) is 13.9. The summed E-state index contributed by atoms with van der Waals surface area (Å²) in [6.07, 6.45) is -2.45. The van der Waals surface area contributed by atoms with Crippen molar-refractivity contribution in [2.75, 3.05) is 21.2 Å². The number of ether oxygens (including phenoxy) is 2. The number of carboxylic acid groups (broad SMARTS) is 1. The van der Waals surface area contributed by atoms with E-state index in [2.05, 4.69) is 5.32 Å². The van der Waals surface area contributed by atoms with Gasteiger partial charge < -0.3 is 29.9 Å². The third-order valence-electron chi connectivity index (χ3n) is 6.95. The van der Waals surface area contributed by atoms with Crippen molar-refractivity contribution >= 4 is 23.9 Å². The highest BCUT2D eigenvalue weighted by atomic mass is 16.6. The molecule has 0 aromatic heterocycles.